The molecule has 17 heavy (non-hydrogen) atoms. The highest BCUT2D eigenvalue weighted by molar-refractivity contribution is 5.78. The van der Waals surface area contributed by atoms with Crippen molar-refractivity contribution < 1.29 is 9.90 Å². The first-order valence-corrected chi connectivity index (χ1v) is 6.70. The summed E-state index contributed by atoms with van der Waals surface area (Å²) in [5, 5.41) is 12.3. The maximum Gasteiger partial charge on any atom is 0.323 e. The van der Waals surface area contributed by atoms with Crippen LogP contribution in [0.15, 0.2) is 0 Å². The second-order valence-electron chi connectivity index (χ2n) is 5.95. The summed E-state index contributed by atoms with van der Waals surface area (Å²) in [4.78, 5) is 13.6. The van der Waals surface area contributed by atoms with Crippen molar-refractivity contribution in [2.75, 3.05) is 20.1 Å². The van der Waals surface area contributed by atoms with Gasteiger partial charge in [0.05, 0.1) is 0 Å². The fourth-order valence-electron chi connectivity index (χ4n) is 3.25. The molecular weight excluding hydrogens is 216 g/mol. The molecule has 0 spiro atoms. The fraction of sp³-hybridized carbons (Fsp3) is 0.923. The average molecular weight is 240 g/mol. The molecule has 2 rings (SSSR count). The summed E-state index contributed by atoms with van der Waals surface area (Å²) < 4.78 is 0. The molecule has 2 saturated heterocycles. The first kappa shape index (κ1) is 12.8. The molecule has 2 aliphatic rings. The predicted octanol–water partition coefficient (Wildman–Crippen LogP) is 1.31. The van der Waals surface area contributed by atoms with Gasteiger partial charge < -0.3 is 15.3 Å². The summed E-state index contributed by atoms with van der Waals surface area (Å²) in [5.41, 5.74) is -0.697. The molecule has 3 unspecified atom stereocenters. The Labute approximate surface area is 103 Å². The van der Waals surface area contributed by atoms with Crippen molar-refractivity contribution in [3.8, 4) is 0 Å². The summed E-state index contributed by atoms with van der Waals surface area (Å²) >= 11 is 0. The van der Waals surface area contributed by atoms with Crippen LogP contribution in [-0.4, -0.2) is 47.7 Å². The number of carboxylic acid groups (broad SMARTS) is 1. The van der Waals surface area contributed by atoms with Gasteiger partial charge in [0.1, 0.15) is 5.54 Å². The topological polar surface area (TPSA) is 52.6 Å². The maximum atomic E-state index is 11.2. The van der Waals surface area contributed by atoms with E-state index in [1.807, 2.05) is 0 Å². The van der Waals surface area contributed by atoms with Gasteiger partial charge in [0.25, 0.3) is 0 Å². The molecule has 3 atom stereocenters. The Hall–Kier alpha value is -0.610. The van der Waals surface area contributed by atoms with E-state index in [2.05, 4.69) is 17.3 Å². The van der Waals surface area contributed by atoms with Gasteiger partial charge in [-0.25, -0.2) is 0 Å². The number of carboxylic acids is 1. The molecule has 2 aliphatic heterocycles. The lowest BCUT2D eigenvalue weighted by Gasteiger charge is -2.34. The van der Waals surface area contributed by atoms with Crippen LogP contribution < -0.4 is 5.32 Å². The number of nitrogens with one attached hydrogen (secondary N) is 1. The lowest BCUT2D eigenvalue weighted by molar-refractivity contribution is -0.143. The average Bonchev–Trinajstić information content (AvgIpc) is 2.65. The van der Waals surface area contributed by atoms with E-state index in [1.165, 1.54) is 25.8 Å². The quantitative estimate of drug-likeness (QED) is 0.781. The summed E-state index contributed by atoms with van der Waals surface area (Å²) in [6.45, 7) is 3.86. The normalized spacial score (nSPS) is 39.4. The number of likely N-dealkylation sites (tertiary alicyclic amines) is 1. The molecular formula is C13H24N2O2. The first-order valence-electron chi connectivity index (χ1n) is 6.70. The summed E-state index contributed by atoms with van der Waals surface area (Å²) in [5.74, 6) is -0.196. The molecule has 98 valence electrons. The monoisotopic (exact) mass is 240 g/mol. The number of hydrogen-bond donors (Lipinski definition) is 2. The lowest BCUT2D eigenvalue weighted by Crippen LogP contribution is -2.44. The highest BCUT2D eigenvalue weighted by Crippen LogP contribution is 2.30. The van der Waals surface area contributed by atoms with Gasteiger partial charge in [0, 0.05) is 6.04 Å². The van der Waals surface area contributed by atoms with Gasteiger partial charge in [0.15, 0.2) is 0 Å². The van der Waals surface area contributed by atoms with E-state index in [9.17, 15) is 9.90 Å². The van der Waals surface area contributed by atoms with Crippen molar-refractivity contribution >= 4 is 5.97 Å². The minimum atomic E-state index is -0.711. The van der Waals surface area contributed by atoms with E-state index in [4.69, 9.17) is 0 Å². The van der Waals surface area contributed by atoms with Crippen LogP contribution in [0.3, 0.4) is 0 Å². The van der Waals surface area contributed by atoms with Crippen LogP contribution in [0.2, 0.25) is 0 Å². The van der Waals surface area contributed by atoms with Crippen LogP contribution in [0, 0.1) is 5.92 Å². The Kier molecular flexibility index (Phi) is 3.73. The van der Waals surface area contributed by atoms with Crippen molar-refractivity contribution in [3.05, 3.63) is 0 Å². The van der Waals surface area contributed by atoms with Crippen molar-refractivity contribution in [1.82, 2.24) is 10.2 Å². The molecule has 0 aromatic heterocycles. The number of aliphatic carboxylic acids is 1. The van der Waals surface area contributed by atoms with Crippen LogP contribution in [-0.2, 0) is 4.79 Å². The SMILES string of the molecule is CN1CCCCC1CC1CNC(C)(C(=O)O)C1. The van der Waals surface area contributed by atoms with E-state index < -0.39 is 11.5 Å². The first-order chi connectivity index (χ1) is 8.01. The summed E-state index contributed by atoms with van der Waals surface area (Å²) in [6.07, 6.45) is 5.82. The van der Waals surface area contributed by atoms with E-state index >= 15 is 0 Å². The number of nitrogens with zero attached hydrogens (tertiary/aromatic N) is 1. The second-order valence-corrected chi connectivity index (χ2v) is 5.95. The molecule has 0 aromatic rings. The van der Waals surface area contributed by atoms with E-state index in [-0.39, 0.29) is 0 Å². The third kappa shape index (κ3) is 2.80. The van der Waals surface area contributed by atoms with Crippen molar-refractivity contribution in [2.24, 2.45) is 5.92 Å². The summed E-state index contributed by atoms with van der Waals surface area (Å²) in [7, 11) is 2.20. The lowest BCUT2D eigenvalue weighted by atomic mass is 9.88. The molecule has 0 amide bonds. The summed E-state index contributed by atoms with van der Waals surface area (Å²) in [6, 6.07) is 0.659. The Morgan fingerprint density at radius 3 is 2.88 bits per heavy atom. The molecule has 0 aromatic carbocycles. The van der Waals surface area contributed by atoms with Crippen molar-refractivity contribution in [3.63, 3.8) is 0 Å². The molecule has 2 N–H and O–H groups in total. The minimum absolute atomic E-state index is 0.515. The second kappa shape index (κ2) is 4.94. The van der Waals surface area contributed by atoms with Gasteiger partial charge in [-0.05, 0) is 58.7 Å². The predicted molar refractivity (Wildman–Crippen MR) is 67.0 cm³/mol. The van der Waals surface area contributed by atoms with Crippen LogP contribution >= 0.6 is 0 Å². The number of rotatable bonds is 3. The van der Waals surface area contributed by atoms with E-state index in [0.717, 1.165) is 19.4 Å². The molecule has 0 bridgehead atoms. The Morgan fingerprint density at radius 2 is 2.29 bits per heavy atom. The number of carbonyl (C=O) groups is 1. The van der Waals surface area contributed by atoms with Gasteiger partial charge in [-0.1, -0.05) is 6.42 Å². The van der Waals surface area contributed by atoms with Gasteiger partial charge in [-0.2, -0.15) is 0 Å². The smallest absolute Gasteiger partial charge is 0.323 e. The fourth-order valence-corrected chi connectivity index (χ4v) is 3.25. The third-order valence-electron chi connectivity index (χ3n) is 4.48. The highest BCUT2D eigenvalue weighted by Gasteiger charge is 2.41. The molecule has 2 heterocycles. The maximum absolute atomic E-state index is 11.2. The minimum Gasteiger partial charge on any atom is -0.480 e. The van der Waals surface area contributed by atoms with Crippen LogP contribution in [0.4, 0.5) is 0 Å². The van der Waals surface area contributed by atoms with Gasteiger partial charge >= 0.3 is 5.97 Å². The Balaban J connectivity index is 1.87. The molecule has 0 aliphatic carbocycles. The van der Waals surface area contributed by atoms with Gasteiger partial charge in [-0.15, -0.1) is 0 Å². The standard InChI is InChI=1S/C13H24N2O2/c1-13(12(16)17)8-10(9-14-13)7-11-5-3-4-6-15(11)2/h10-11,14H,3-9H2,1-2H3,(H,16,17). The van der Waals surface area contributed by atoms with Crippen molar-refractivity contribution in [2.45, 2.75) is 50.6 Å². The molecule has 0 saturated carbocycles. The van der Waals surface area contributed by atoms with Crippen LogP contribution in [0.1, 0.15) is 39.0 Å². The number of piperidine rings is 1. The van der Waals surface area contributed by atoms with Crippen molar-refractivity contribution in [1.29, 1.82) is 0 Å². The molecule has 2 fully saturated rings. The Bertz CT molecular complexity index is 295. The van der Waals surface area contributed by atoms with E-state index in [1.54, 1.807) is 6.92 Å². The van der Waals surface area contributed by atoms with E-state index in [0.29, 0.717) is 12.0 Å². The largest absolute Gasteiger partial charge is 0.480 e. The van der Waals surface area contributed by atoms with Gasteiger partial charge in [0.2, 0.25) is 0 Å². The zero-order valence-electron chi connectivity index (χ0n) is 10.9. The Morgan fingerprint density at radius 1 is 1.53 bits per heavy atom. The van der Waals surface area contributed by atoms with Crippen LogP contribution in [0.25, 0.3) is 0 Å². The van der Waals surface area contributed by atoms with Gasteiger partial charge in [-0.3, -0.25) is 4.79 Å². The zero-order chi connectivity index (χ0) is 12.5. The molecule has 4 nitrogen and oxygen atoms in total. The third-order valence-corrected chi connectivity index (χ3v) is 4.48. The van der Waals surface area contributed by atoms with Crippen LogP contribution in [0.5, 0.6) is 0 Å². The number of hydrogen-bond acceptors (Lipinski definition) is 3. The molecule has 0 radical (unpaired) electrons. The highest BCUT2D eigenvalue weighted by atomic mass is 16.4. The molecule has 4 heteroatoms. The zero-order valence-corrected chi connectivity index (χ0v) is 10.9.